The van der Waals surface area contributed by atoms with E-state index in [1.807, 2.05) is 0 Å². The van der Waals surface area contributed by atoms with Crippen molar-refractivity contribution in [3.05, 3.63) is 63.6 Å². The molecule has 0 fully saturated rings. The second-order valence-electron chi connectivity index (χ2n) is 4.38. The maximum atomic E-state index is 10.9. The van der Waals surface area contributed by atoms with Crippen LogP contribution in [-0.2, 0) is 6.61 Å². The van der Waals surface area contributed by atoms with Crippen LogP contribution in [0.1, 0.15) is 5.89 Å². The molecule has 0 amide bonds. The summed E-state index contributed by atoms with van der Waals surface area (Å²) in [5, 5.41) is 19.2. The zero-order chi connectivity index (χ0) is 16.2. The smallest absolute Gasteiger partial charge is 0.406 e. The van der Waals surface area contributed by atoms with Crippen LogP contribution in [0.25, 0.3) is 11.5 Å². The minimum atomic E-state index is -0.623. The molecule has 23 heavy (non-hydrogen) atoms. The Bertz CT molecular complexity index is 835. The number of hydrogen-bond donors (Lipinski definition) is 0. The number of rotatable bonds is 5. The Labute approximate surface area is 134 Å². The molecule has 116 valence electrons. The van der Waals surface area contributed by atoms with Gasteiger partial charge in [-0.3, -0.25) is 0 Å². The zero-order valence-corrected chi connectivity index (χ0v) is 12.3. The van der Waals surface area contributed by atoms with E-state index >= 15 is 0 Å². The Morgan fingerprint density at radius 1 is 1.22 bits per heavy atom. The molecule has 0 saturated heterocycles. The van der Waals surface area contributed by atoms with Crippen LogP contribution >= 0.6 is 11.6 Å². The lowest BCUT2D eigenvalue weighted by Gasteiger charge is -2.02. The van der Waals surface area contributed by atoms with E-state index < -0.39 is 4.92 Å². The van der Waals surface area contributed by atoms with Crippen molar-refractivity contribution in [1.29, 1.82) is 0 Å². The lowest BCUT2D eigenvalue weighted by atomic mass is 10.2. The fourth-order valence-corrected chi connectivity index (χ4v) is 1.92. The van der Waals surface area contributed by atoms with Crippen LogP contribution in [0.3, 0.4) is 0 Å². The summed E-state index contributed by atoms with van der Waals surface area (Å²) in [5.41, 5.74) is 0.709. The van der Waals surface area contributed by atoms with Crippen molar-refractivity contribution in [3.8, 4) is 17.2 Å². The fourth-order valence-electron chi connectivity index (χ4n) is 1.79. The Morgan fingerprint density at radius 3 is 2.74 bits per heavy atom. The van der Waals surface area contributed by atoms with E-state index in [0.717, 1.165) is 0 Å². The van der Waals surface area contributed by atoms with Crippen molar-refractivity contribution < 1.29 is 14.1 Å². The maximum absolute atomic E-state index is 10.9. The van der Waals surface area contributed by atoms with Gasteiger partial charge in [-0.15, -0.1) is 10.2 Å². The quantitative estimate of drug-likeness (QED) is 0.521. The van der Waals surface area contributed by atoms with Crippen LogP contribution in [0.15, 0.2) is 47.0 Å². The lowest BCUT2D eigenvalue weighted by Crippen LogP contribution is -2.00. The largest absolute Gasteiger partial charge is 0.476 e. The summed E-state index contributed by atoms with van der Waals surface area (Å²) in [7, 11) is 0. The Kier molecular flexibility index (Phi) is 4.15. The number of hydrogen-bond acceptors (Lipinski definition) is 7. The van der Waals surface area contributed by atoms with Crippen LogP contribution in [0.2, 0.25) is 5.02 Å². The molecule has 2 heterocycles. The summed E-state index contributed by atoms with van der Waals surface area (Å²) in [6, 6.07) is 9.88. The molecule has 0 atom stereocenters. The Morgan fingerprint density at radius 2 is 2.00 bits per heavy atom. The molecule has 0 aliphatic heterocycles. The van der Waals surface area contributed by atoms with Crippen molar-refractivity contribution in [2.75, 3.05) is 0 Å². The molecule has 0 aliphatic rings. The van der Waals surface area contributed by atoms with Gasteiger partial charge in [-0.25, -0.2) is 0 Å². The summed E-state index contributed by atoms with van der Waals surface area (Å²) in [6.45, 7) is -0.104. The average molecular weight is 333 g/mol. The van der Waals surface area contributed by atoms with Crippen LogP contribution in [0, 0.1) is 10.1 Å². The van der Waals surface area contributed by atoms with Gasteiger partial charge in [0, 0.05) is 10.6 Å². The Balaban J connectivity index is 1.73. The third-order valence-corrected chi connectivity index (χ3v) is 3.08. The lowest BCUT2D eigenvalue weighted by molar-refractivity contribution is -0.390. The first kappa shape index (κ1) is 14.9. The molecule has 1 aromatic carbocycles. The van der Waals surface area contributed by atoms with Gasteiger partial charge in [0.05, 0.1) is 0 Å². The molecular formula is C14H9ClN4O4. The van der Waals surface area contributed by atoms with E-state index in [2.05, 4.69) is 15.2 Å². The highest BCUT2D eigenvalue weighted by atomic mass is 35.5. The van der Waals surface area contributed by atoms with E-state index in [4.69, 9.17) is 20.8 Å². The van der Waals surface area contributed by atoms with Gasteiger partial charge >= 0.3 is 5.82 Å². The molecule has 0 N–H and O–H groups in total. The number of nitro groups is 1. The van der Waals surface area contributed by atoms with Gasteiger partial charge in [-0.1, -0.05) is 11.6 Å². The van der Waals surface area contributed by atoms with Crippen molar-refractivity contribution in [2.45, 2.75) is 6.61 Å². The molecule has 0 radical (unpaired) electrons. The monoisotopic (exact) mass is 332 g/mol. The topological polar surface area (TPSA) is 104 Å². The molecular weight excluding hydrogens is 324 g/mol. The van der Waals surface area contributed by atoms with E-state index in [1.54, 1.807) is 24.3 Å². The van der Waals surface area contributed by atoms with Gasteiger partial charge in [0.2, 0.25) is 11.6 Å². The highest BCUT2D eigenvalue weighted by molar-refractivity contribution is 6.30. The molecule has 0 saturated carbocycles. The van der Waals surface area contributed by atoms with E-state index in [9.17, 15) is 10.1 Å². The summed E-state index contributed by atoms with van der Waals surface area (Å²) >= 11 is 5.81. The van der Waals surface area contributed by atoms with Gasteiger partial charge in [0.1, 0.15) is 6.20 Å². The average Bonchev–Trinajstić information content (AvgIpc) is 3.03. The third-order valence-electron chi connectivity index (χ3n) is 2.83. The highest BCUT2D eigenvalue weighted by Gasteiger charge is 2.17. The van der Waals surface area contributed by atoms with E-state index in [1.165, 1.54) is 18.3 Å². The molecule has 0 bridgehead atoms. The van der Waals surface area contributed by atoms with Crippen molar-refractivity contribution in [1.82, 2.24) is 15.2 Å². The van der Waals surface area contributed by atoms with Gasteiger partial charge in [0.25, 0.3) is 5.89 Å². The molecule has 2 aromatic heterocycles. The predicted molar refractivity (Wildman–Crippen MR) is 80.0 cm³/mol. The number of aromatic nitrogens is 3. The highest BCUT2D eigenvalue weighted by Crippen LogP contribution is 2.25. The third kappa shape index (κ3) is 3.43. The normalized spacial score (nSPS) is 10.5. The second kappa shape index (κ2) is 6.41. The number of halogens is 1. The summed E-state index contributed by atoms with van der Waals surface area (Å²) < 4.78 is 10.8. The van der Waals surface area contributed by atoms with Gasteiger partial charge in [-0.05, 0) is 46.3 Å². The summed E-state index contributed by atoms with van der Waals surface area (Å²) in [6.07, 6.45) is 1.32. The molecule has 9 heteroatoms. The Hall–Kier alpha value is -3.00. The van der Waals surface area contributed by atoms with Crippen LogP contribution < -0.4 is 4.74 Å². The second-order valence-corrected chi connectivity index (χ2v) is 4.82. The van der Waals surface area contributed by atoms with Crippen molar-refractivity contribution in [3.63, 3.8) is 0 Å². The number of pyridine rings is 1. The molecule has 3 rings (SSSR count). The van der Waals surface area contributed by atoms with Crippen molar-refractivity contribution in [2.24, 2.45) is 0 Å². The van der Waals surface area contributed by atoms with Gasteiger partial charge < -0.3 is 19.3 Å². The number of benzene rings is 1. The fraction of sp³-hybridized carbons (Fsp3) is 0.0714. The standard InChI is InChI=1S/C14H9ClN4O4/c15-10-5-3-9(4-6-10)14-18-17-12(23-14)8-22-11-2-1-7-16-13(11)19(20)21/h1-7H,8H2. The minimum Gasteiger partial charge on any atom is -0.476 e. The van der Waals surface area contributed by atoms with Crippen LogP contribution in [0.4, 0.5) is 5.82 Å². The molecule has 8 nitrogen and oxygen atoms in total. The zero-order valence-electron chi connectivity index (χ0n) is 11.5. The minimum absolute atomic E-state index is 0.0312. The first-order valence-electron chi connectivity index (χ1n) is 6.44. The maximum Gasteiger partial charge on any atom is 0.406 e. The first-order valence-corrected chi connectivity index (χ1v) is 6.82. The van der Waals surface area contributed by atoms with Crippen LogP contribution in [0.5, 0.6) is 5.75 Å². The van der Waals surface area contributed by atoms with Crippen LogP contribution in [-0.4, -0.2) is 20.1 Å². The van der Waals surface area contributed by atoms with Gasteiger partial charge in [-0.2, -0.15) is 0 Å². The van der Waals surface area contributed by atoms with Gasteiger partial charge in [0.15, 0.2) is 6.61 Å². The van der Waals surface area contributed by atoms with E-state index in [0.29, 0.717) is 16.5 Å². The predicted octanol–water partition coefficient (Wildman–Crippen LogP) is 3.27. The van der Waals surface area contributed by atoms with Crippen molar-refractivity contribution >= 4 is 17.4 Å². The SMILES string of the molecule is O=[N+]([O-])c1ncccc1OCc1nnc(-c2ccc(Cl)cc2)o1. The summed E-state index contributed by atoms with van der Waals surface area (Å²) in [5.74, 6) is 0.155. The first-order chi connectivity index (χ1) is 11.1. The summed E-state index contributed by atoms with van der Waals surface area (Å²) in [4.78, 5) is 13.9. The molecule has 0 aliphatic carbocycles. The molecule has 0 unspecified atom stereocenters. The number of nitrogens with zero attached hydrogens (tertiary/aromatic N) is 4. The number of ether oxygens (including phenoxy) is 1. The molecule has 0 spiro atoms. The molecule has 3 aromatic rings. The van der Waals surface area contributed by atoms with E-state index in [-0.39, 0.29) is 24.1 Å².